The summed E-state index contributed by atoms with van der Waals surface area (Å²) < 4.78 is 13.3. The summed E-state index contributed by atoms with van der Waals surface area (Å²) in [7, 11) is 0. The van der Waals surface area contributed by atoms with Gasteiger partial charge >= 0.3 is 5.97 Å². The van der Waals surface area contributed by atoms with Crippen molar-refractivity contribution in [3.8, 4) is 0 Å². The molecular weight excluding hydrogens is 261 g/mol. The summed E-state index contributed by atoms with van der Waals surface area (Å²) in [5.74, 6) is -1.71. The van der Waals surface area contributed by atoms with Crippen LogP contribution in [-0.4, -0.2) is 29.2 Å². The van der Waals surface area contributed by atoms with Gasteiger partial charge in [-0.1, -0.05) is 20.8 Å². The lowest BCUT2D eigenvalue weighted by molar-refractivity contribution is -0.143. The first-order valence-electron chi connectivity index (χ1n) is 7.36. The van der Waals surface area contributed by atoms with E-state index >= 15 is 0 Å². The first-order valence-corrected chi connectivity index (χ1v) is 7.36. The van der Waals surface area contributed by atoms with Crippen molar-refractivity contribution in [1.29, 1.82) is 0 Å². The van der Waals surface area contributed by atoms with Crippen molar-refractivity contribution < 1.29 is 19.1 Å². The highest BCUT2D eigenvalue weighted by Crippen LogP contribution is 2.27. The maximum Gasteiger partial charge on any atom is 0.326 e. The molecule has 0 aliphatic heterocycles. The van der Waals surface area contributed by atoms with Gasteiger partial charge in [-0.2, -0.15) is 0 Å². The molecule has 0 aromatic heterocycles. The Balaban J connectivity index is 2.52. The van der Waals surface area contributed by atoms with Crippen molar-refractivity contribution in [1.82, 2.24) is 5.32 Å². The number of carbonyl (C=O) groups is 2. The lowest BCUT2D eigenvalue weighted by atomic mass is 9.86. The predicted octanol–water partition coefficient (Wildman–Crippen LogP) is 2.91. The average molecular weight is 287 g/mol. The average Bonchev–Trinajstić information content (AvgIpc) is 2.32. The van der Waals surface area contributed by atoms with E-state index in [2.05, 4.69) is 5.32 Å². The van der Waals surface area contributed by atoms with Crippen LogP contribution in [-0.2, 0) is 9.59 Å². The van der Waals surface area contributed by atoms with E-state index in [1.54, 1.807) is 0 Å². The van der Waals surface area contributed by atoms with Crippen molar-refractivity contribution in [2.75, 3.05) is 0 Å². The molecule has 3 atom stereocenters. The van der Waals surface area contributed by atoms with Gasteiger partial charge in [-0.3, -0.25) is 4.79 Å². The van der Waals surface area contributed by atoms with Gasteiger partial charge in [0.2, 0.25) is 5.91 Å². The Kier molecular flexibility index (Phi) is 5.96. The summed E-state index contributed by atoms with van der Waals surface area (Å²) in [6.07, 6.45) is 2.25. The number of carbonyl (C=O) groups excluding carboxylic acids is 1. The fraction of sp³-hybridized carbons (Fsp3) is 0.867. The third kappa shape index (κ3) is 5.88. The number of hydrogen-bond donors (Lipinski definition) is 2. The molecule has 0 radical (unpaired) electrons. The fourth-order valence-corrected chi connectivity index (χ4v) is 2.49. The zero-order valence-corrected chi connectivity index (χ0v) is 12.6. The molecule has 20 heavy (non-hydrogen) atoms. The Labute approximate surface area is 120 Å². The van der Waals surface area contributed by atoms with Crippen molar-refractivity contribution >= 4 is 11.9 Å². The summed E-state index contributed by atoms with van der Waals surface area (Å²) in [5.41, 5.74) is 0.0211. The molecule has 2 N–H and O–H groups in total. The van der Waals surface area contributed by atoms with Gasteiger partial charge in [0, 0.05) is 5.92 Å². The van der Waals surface area contributed by atoms with Gasteiger partial charge in [0.25, 0.3) is 0 Å². The van der Waals surface area contributed by atoms with Crippen LogP contribution in [0.5, 0.6) is 0 Å². The Morgan fingerprint density at radius 3 is 2.50 bits per heavy atom. The third-order valence-electron chi connectivity index (χ3n) is 3.78. The van der Waals surface area contributed by atoms with Crippen LogP contribution in [0.4, 0.5) is 4.39 Å². The van der Waals surface area contributed by atoms with E-state index in [4.69, 9.17) is 0 Å². The molecule has 1 rings (SSSR count). The van der Waals surface area contributed by atoms with Gasteiger partial charge in [0.05, 0.1) is 0 Å². The van der Waals surface area contributed by atoms with Crippen molar-refractivity contribution in [2.45, 2.75) is 71.5 Å². The summed E-state index contributed by atoms with van der Waals surface area (Å²) in [4.78, 5) is 23.3. The second kappa shape index (κ2) is 7.04. The maximum absolute atomic E-state index is 13.3. The number of nitrogens with one attached hydrogen (secondary N) is 1. The fourth-order valence-electron chi connectivity index (χ4n) is 2.49. The number of aliphatic carboxylic acids is 1. The highest BCUT2D eigenvalue weighted by Gasteiger charge is 2.30. The SMILES string of the molecule is CC(C)(C)CCC(NC(=O)C1CCCC(F)C1)C(=O)O. The molecule has 1 aliphatic rings. The first-order chi connectivity index (χ1) is 9.19. The molecule has 0 bridgehead atoms. The lowest BCUT2D eigenvalue weighted by Gasteiger charge is -2.26. The van der Waals surface area contributed by atoms with Gasteiger partial charge in [0.15, 0.2) is 0 Å². The summed E-state index contributed by atoms with van der Waals surface area (Å²) in [6, 6.07) is -0.873. The van der Waals surface area contributed by atoms with E-state index in [-0.39, 0.29) is 23.7 Å². The molecule has 0 spiro atoms. The van der Waals surface area contributed by atoms with Crippen LogP contribution in [0, 0.1) is 11.3 Å². The molecule has 1 fully saturated rings. The van der Waals surface area contributed by atoms with E-state index in [9.17, 15) is 19.1 Å². The van der Waals surface area contributed by atoms with Crippen LogP contribution in [0.2, 0.25) is 0 Å². The van der Waals surface area contributed by atoms with Crippen LogP contribution < -0.4 is 5.32 Å². The first kappa shape index (κ1) is 16.9. The zero-order valence-electron chi connectivity index (χ0n) is 12.6. The normalized spacial score (nSPS) is 25.0. The minimum atomic E-state index is -1.02. The summed E-state index contributed by atoms with van der Waals surface area (Å²) in [5, 5.41) is 11.8. The molecule has 0 aromatic carbocycles. The maximum atomic E-state index is 13.3. The molecule has 0 saturated heterocycles. The van der Waals surface area contributed by atoms with E-state index in [0.29, 0.717) is 32.1 Å². The second-order valence-electron chi connectivity index (χ2n) is 6.96. The zero-order chi connectivity index (χ0) is 15.3. The number of alkyl halides is 1. The molecule has 1 aliphatic carbocycles. The lowest BCUT2D eigenvalue weighted by Crippen LogP contribution is -2.45. The largest absolute Gasteiger partial charge is 0.480 e. The van der Waals surface area contributed by atoms with Crippen LogP contribution in [0.15, 0.2) is 0 Å². The standard InChI is InChI=1S/C15H26FNO3/c1-15(2,3)8-7-12(14(19)20)17-13(18)10-5-4-6-11(16)9-10/h10-12H,4-9H2,1-3H3,(H,17,18)(H,19,20). The molecular formula is C15H26FNO3. The van der Waals surface area contributed by atoms with E-state index < -0.39 is 18.2 Å². The van der Waals surface area contributed by atoms with E-state index in [1.165, 1.54) is 0 Å². The minimum Gasteiger partial charge on any atom is -0.480 e. The number of rotatable bonds is 5. The van der Waals surface area contributed by atoms with E-state index in [0.717, 1.165) is 0 Å². The predicted molar refractivity (Wildman–Crippen MR) is 75.1 cm³/mol. The highest BCUT2D eigenvalue weighted by molar-refractivity contribution is 5.85. The number of carboxylic acids is 1. The Morgan fingerprint density at radius 2 is 2.00 bits per heavy atom. The van der Waals surface area contributed by atoms with Crippen molar-refractivity contribution in [3.63, 3.8) is 0 Å². The van der Waals surface area contributed by atoms with Crippen molar-refractivity contribution in [2.24, 2.45) is 11.3 Å². The highest BCUT2D eigenvalue weighted by atomic mass is 19.1. The van der Waals surface area contributed by atoms with Crippen LogP contribution >= 0.6 is 0 Å². The second-order valence-corrected chi connectivity index (χ2v) is 6.96. The number of halogens is 1. The molecule has 5 heteroatoms. The molecule has 1 saturated carbocycles. The third-order valence-corrected chi connectivity index (χ3v) is 3.78. The van der Waals surface area contributed by atoms with Gasteiger partial charge in [0.1, 0.15) is 12.2 Å². The van der Waals surface area contributed by atoms with Crippen molar-refractivity contribution in [3.05, 3.63) is 0 Å². The van der Waals surface area contributed by atoms with Gasteiger partial charge < -0.3 is 10.4 Å². The van der Waals surface area contributed by atoms with E-state index in [1.807, 2.05) is 20.8 Å². The molecule has 1 amide bonds. The summed E-state index contributed by atoms with van der Waals surface area (Å²) in [6.45, 7) is 6.09. The Hall–Kier alpha value is -1.13. The van der Waals surface area contributed by atoms with Crippen LogP contribution in [0.1, 0.15) is 59.3 Å². The smallest absolute Gasteiger partial charge is 0.326 e. The number of hydrogen-bond acceptors (Lipinski definition) is 2. The topological polar surface area (TPSA) is 66.4 Å². The minimum absolute atomic E-state index is 0.0211. The van der Waals surface area contributed by atoms with Gasteiger partial charge in [-0.15, -0.1) is 0 Å². The van der Waals surface area contributed by atoms with Crippen LogP contribution in [0.3, 0.4) is 0 Å². The molecule has 116 valence electrons. The molecule has 0 heterocycles. The molecule has 3 unspecified atom stereocenters. The Bertz CT molecular complexity index is 352. The van der Waals surface area contributed by atoms with Gasteiger partial charge in [-0.25, -0.2) is 9.18 Å². The number of carboxylic acid groups (broad SMARTS) is 1. The van der Waals surface area contributed by atoms with Crippen LogP contribution in [0.25, 0.3) is 0 Å². The quantitative estimate of drug-likeness (QED) is 0.817. The molecule has 4 nitrogen and oxygen atoms in total. The Morgan fingerprint density at radius 1 is 1.35 bits per heavy atom. The summed E-state index contributed by atoms with van der Waals surface area (Å²) >= 11 is 0. The molecule has 0 aromatic rings. The number of amides is 1. The monoisotopic (exact) mass is 287 g/mol. The van der Waals surface area contributed by atoms with Gasteiger partial charge in [-0.05, 0) is 43.9 Å².